The van der Waals surface area contributed by atoms with Crippen LogP contribution in [-0.2, 0) is 15.7 Å². The second-order valence-electron chi connectivity index (χ2n) is 6.94. The predicted molar refractivity (Wildman–Crippen MR) is 92.1 cm³/mol. The van der Waals surface area contributed by atoms with Gasteiger partial charge in [-0.25, -0.2) is 0 Å². The third-order valence-electron chi connectivity index (χ3n) is 5.10. The minimum absolute atomic E-state index is 0.0223. The van der Waals surface area contributed by atoms with Gasteiger partial charge in [0.2, 0.25) is 5.91 Å². The molecule has 5 nitrogen and oxygen atoms in total. The number of benzene rings is 1. The molecule has 2 aliphatic rings. The monoisotopic (exact) mass is 384 g/mol. The van der Waals surface area contributed by atoms with Gasteiger partial charge in [-0.3, -0.25) is 9.59 Å². The normalized spacial score (nSPS) is 19.7. The van der Waals surface area contributed by atoms with Crippen LogP contribution >= 0.6 is 0 Å². The van der Waals surface area contributed by atoms with Crippen LogP contribution in [0, 0.1) is 5.92 Å². The molecule has 0 aromatic heterocycles. The summed E-state index contributed by atoms with van der Waals surface area (Å²) in [7, 11) is 0. The molecule has 8 heteroatoms. The number of hydrogen-bond acceptors (Lipinski definition) is 3. The molecule has 0 atom stereocenters. The zero-order chi connectivity index (χ0) is 19.4. The number of carbonyl (C=O) groups is 2. The van der Waals surface area contributed by atoms with E-state index in [2.05, 4.69) is 0 Å². The molecular weight excluding hydrogens is 361 g/mol. The molecule has 0 saturated carbocycles. The molecule has 0 unspecified atom stereocenters. The third-order valence-corrected chi connectivity index (χ3v) is 5.10. The van der Waals surface area contributed by atoms with E-state index < -0.39 is 17.6 Å². The van der Waals surface area contributed by atoms with Crippen LogP contribution in [0.2, 0.25) is 0 Å². The van der Waals surface area contributed by atoms with Crippen molar-refractivity contribution in [3.63, 3.8) is 0 Å². The van der Waals surface area contributed by atoms with Crippen molar-refractivity contribution in [2.45, 2.75) is 25.4 Å². The lowest BCUT2D eigenvalue weighted by molar-refractivity contribution is -0.138. The Labute approximate surface area is 156 Å². The summed E-state index contributed by atoms with van der Waals surface area (Å²) in [6, 6.07) is 4.48. The summed E-state index contributed by atoms with van der Waals surface area (Å²) >= 11 is 0. The van der Waals surface area contributed by atoms with Crippen LogP contribution in [0.4, 0.5) is 13.2 Å². The van der Waals surface area contributed by atoms with E-state index in [0.717, 1.165) is 12.1 Å². The molecule has 27 heavy (non-hydrogen) atoms. The summed E-state index contributed by atoms with van der Waals surface area (Å²) in [6.07, 6.45) is -2.45. The van der Waals surface area contributed by atoms with E-state index in [9.17, 15) is 22.8 Å². The molecule has 2 fully saturated rings. The van der Waals surface area contributed by atoms with Gasteiger partial charge in [0.05, 0.1) is 5.56 Å². The van der Waals surface area contributed by atoms with Gasteiger partial charge in [-0.1, -0.05) is 6.07 Å². The number of hydrogen-bond donors (Lipinski definition) is 0. The van der Waals surface area contributed by atoms with Gasteiger partial charge in [-0.05, 0) is 37.5 Å². The minimum atomic E-state index is -4.48. The van der Waals surface area contributed by atoms with E-state index >= 15 is 0 Å². The van der Waals surface area contributed by atoms with Crippen molar-refractivity contribution in [2.24, 2.45) is 5.92 Å². The van der Waals surface area contributed by atoms with Crippen LogP contribution in [0.25, 0.3) is 0 Å². The molecule has 1 aromatic carbocycles. The summed E-state index contributed by atoms with van der Waals surface area (Å²) in [5.74, 6) is -0.377. The average molecular weight is 384 g/mol. The highest BCUT2D eigenvalue weighted by atomic mass is 19.4. The van der Waals surface area contributed by atoms with Gasteiger partial charge in [-0.15, -0.1) is 0 Å². The molecule has 1 aromatic rings. The molecule has 2 heterocycles. The molecule has 0 radical (unpaired) electrons. The quantitative estimate of drug-likeness (QED) is 0.788. The molecule has 0 bridgehead atoms. The Morgan fingerprint density at radius 2 is 1.67 bits per heavy atom. The van der Waals surface area contributed by atoms with Crippen LogP contribution in [0.3, 0.4) is 0 Å². The molecule has 0 N–H and O–H groups in total. The van der Waals surface area contributed by atoms with E-state index in [1.165, 1.54) is 17.0 Å². The van der Waals surface area contributed by atoms with Crippen molar-refractivity contribution >= 4 is 11.8 Å². The SMILES string of the molecule is O=C(c1cccc(C(F)(F)F)c1)N1CCCN(C(=O)C2CCOCC2)CC1. The Morgan fingerprint density at radius 1 is 1.00 bits per heavy atom. The van der Waals surface area contributed by atoms with Crippen molar-refractivity contribution in [3.8, 4) is 0 Å². The number of alkyl halides is 3. The van der Waals surface area contributed by atoms with Crippen LogP contribution < -0.4 is 0 Å². The van der Waals surface area contributed by atoms with E-state index in [4.69, 9.17) is 4.74 Å². The van der Waals surface area contributed by atoms with Gasteiger partial charge >= 0.3 is 6.18 Å². The van der Waals surface area contributed by atoms with Crippen molar-refractivity contribution in [3.05, 3.63) is 35.4 Å². The van der Waals surface area contributed by atoms with E-state index in [0.29, 0.717) is 58.7 Å². The zero-order valence-corrected chi connectivity index (χ0v) is 15.0. The van der Waals surface area contributed by atoms with Gasteiger partial charge in [-0.2, -0.15) is 13.2 Å². The Morgan fingerprint density at radius 3 is 2.37 bits per heavy atom. The first-order valence-corrected chi connectivity index (χ1v) is 9.19. The summed E-state index contributed by atoms with van der Waals surface area (Å²) in [6.45, 7) is 2.88. The largest absolute Gasteiger partial charge is 0.416 e. The Bertz CT molecular complexity index is 687. The molecule has 0 aliphatic carbocycles. The third kappa shape index (κ3) is 4.80. The fourth-order valence-corrected chi connectivity index (χ4v) is 3.55. The molecule has 2 amide bonds. The zero-order valence-electron chi connectivity index (χ0n) is 15.0. The topological polar surface area (TPSA) is 49.9 Å². The standard InChI is InChI=1S/C19H23F3N2O3/c20-19(21,22)16-4-1-3-15(13-16)18(26)24-8-2-7-23(9-10-24)17(25)14-5-11-27-12-6-14/h1,3-4,13-14H,2,5-12H2. The van der Waals surface area contributed by atoms with Gasteiger partial charge in [0.25, 0.3) is 5.91 Å². The fourth-order valence-electron chi connectivity index (χ4n) is 3.55. The summed E-state index contributed by atoms with van der Waals surface area (Å²) in [5, 5.41) is 0. The lowest BCUT2D eigenvalue weighted by Crippen LogP contribution is -2.41. The van der Waals surface area contributed by atoms with Crippen molar-refractivity contribution in [1.82, 2.24) is 9.80 Å². The summed E-state index contributed by atoms with van der Waals surface area (Å²) < 4.78 is 43.9. The molecule has 0 spiro atoms. The Balaban J connectivity index is 1.64. The van der Waals surface area contributed by atoms with E-state index in [-0.39, 0.29) is 17.4 Å². The lowest BCUT2D eigenvalue weighted by atomic mass is 9.98. The van der Waals surface area contributed by atoms with Crippen LogP contribution in [-0.4, -0.2) is 61.0 Å². The maximum Gasteiger partial charge on any atom is 0.416 e. The van der Waals surface area contributed by atoms with Crippen molar-refractivity contribution in [1.29, 1.82) is 0 Å². The molecular formula is C19H23F3N2O3. The van der Waals surface area contributed by atoms with E-state index in [1.54, 1.807) is 4.90 Å². The second-order valence-corrected chi connectivity index (χ2v) is 6.94. The van der Waals surface area contributed by atoms with Gasteiger partial charge < -0.3 is 14.5 Å². The number of rotatable bonds is 2. The van der Waals surface area contributed by atoms with Crippen molar-refractivity contribution in [2.75, 3.05) is 39.4 Å². The van der Waals surface area contributed by atoms with Gasteiger partial charge in [0.1, 0.15) is 0 Å². The van der Waals surface area contributed by atoms with Crippen molar-refractivity contribution < 1.29 is 27.5 Å². The number of amides is 2. The summed E-state index contributed by atoms with van der Waals surface area (Å²) in [4.78, 5) is 28.6. The van der Waals surface area contributed by atoms with Crippen LogP contribution in [0.1, 0.15) is 35.2 Å². The van der Waals surface area contributed by atoms with Crippen LogP contribution in [0.15, 0.2) is 24.3 Å². The molecule has 148 valence electrons. The van der Waals surface area contributed by atoms with Gasteiger partial charge in [0.15, 0.2) is 0 Å². The number of ether oxygens (including phenoxy) is 1. The molecule has 2 aliphatic heterocycles. The van der Waals surface area contributed by atoms with E-state index in [1.807, 2.05) is 0 Å². The summed E-state index contributed by atoms with van der Waals surface area (Å²) in [5.41, 5.74) is -0.812. The average Bonchev–Trinajstić information content (AvgIpc) is 2.93. The highest BCUT2D eigenvalue weighted by Gasteiger charge is 2.32. The molecule has 3 rings (SSSR count). The highest BCUT2D eigenvalue weighted by molar-refractivity contribution is 5.94. The lowest BCUT2D eigenvalue weighted by Gasteiger charge is -2.28. The second kappa shape index (κ2) is 8.29. The first kappa shape index (κ1) is 19.7. The smallest absolute Gasteiger partial charge is 0.381 e. The first-order chi connectivity index (χ1) is 12.9. The van der Waals surface area contributed by atoms with Crippen LogP contribution in [0.5, 0.6) is 0 Å². The first-order valence-electron chi connectivity index (χ1n) is 9.19. The number of carbonyl (C=O) groups excluding carboxylic acids is 2. The maximum atomic E-state index is 12.9. The predicted octanol–water partition coefficient (Wildman–Crippen LogP) is 2.81. The minimum Gasteiger partial charge on any atom is -0.381 e. The highest BCUT2D eigenvalue weighted by Crippen LogP contribution is 2.30. The van der Waals surface area contributed by atoms with Gasteiger partial charge in [0, 0.05) is 50.9 Å². The molecule has 2 saturated heterocycles. The Kier molecular flexibility index (Phi) is 6.04. The fraction of sp³-hybridized carbons (Fsp3) is 0.579. The number of halogens is 3. The maximum absolute atomic E-state index is 12.9. The number of nitrogens with zero attached hydrogens (tertiary/aromatic N) is 2. The Hall–Kier alpha value is -2.09.